The van der Waals surface area contributed by atoms with Crippen LogP contribution in [0.3, 0.4) is 0 Å². The molecule has 4 rings (SSSR count). The summed E-state index contributed by atoms with van der Waals surface area (Å²) in [7, 11) is 0. The molecule has 0 saturated carbocycles. The molecule has 0 amide bonds. The Balaban J connectivity index is 1.55. The normalized spacial score (nSPS) is 13.8. The summed E-state index contributed by atoms with van der Waals surface area (Å²) in [6.45, 7) is 1.76. The van der Waals surface area contributed by atoms with Crippen molar-refractivity contribution in [1.82, 2.24) is 15.0 Å². The molecule has 2 heterocycles. The smallest absolute Gasteiger partial charge is 0.269 e. The van der Waals surface area contributed by atoms with Gasteiger partial charge in [0.25, 0.3) is 5.69 Å². The summed E-state index contributed by atoms with van der Waals surface area (Å²) in [5.41, 5.74) is 4.50. The van der Waals surface area contributed by atoms with E-state index in [9.17, 15) is 10.1 Å². The highest BCUT2D eigenvalue weighted by molar-refractivity contribution is 14.1. The fraction of sp³-hybridized carbons (Fsp3) is 0.238. The van der Waals surface area contributed by atoms with E-state index in [-0.39, 0.29) is 5.69 Å². The Kier molecular flexibility index (Phi) is 7.04. The zero-order valence-electron chi connectivity index (χ0n) is 17.1. The topological polar surface area (TPSA) is 121 Å². The zero-order valence-corrected chi connectivity index (χ0v) is 19.3. The summed E-state index contributed by atoms with van der Waals surface area (Å²) in [5.74, 6) is 1.21. The third-order valence-electron chi connectivity index (χ3n) is 4.84. The van der Waals surface area contributed by atoms with E-state index >= 15 is 0 Å². The number of anilines is 4. The van der Waals surface area contributed by atoms with Crippen LogP contribution in [0.1, 0.15) is 24.8 Å². The molecule has 0 spiro atoms. The first kappa shape index (κ1) is 21.9. The molecule has 2 aromatic carbocycles. The van der Waals surface area contributed by atoms with E-state index in [1.165, 1.54) is 18.6 Å². The first-order valence-electron chi connectivity index (χ1n) is 10.1. The summed E-state index contributed by atoms with van der Waals surface area (Å²) in [5, 5.41) is 18.2. The minimum atomic E-state index is -0.436. The number of non-ortho nitro benzene ring substituents is 1. The van der Waals surface area contributed by atoms with Crippen LogP contribution in [0.5, 0.6) is 0 Å². The van der Waals surface area contributed by atoms with E-state index < -0.39 is 4.92 Å². The van der Waals surface area contributed by atoms with Crippen LogP contribution in [0.25, 0.3) is 0 Å². The maximum Gasteiger partial charge on any atom is 0.269 e. The van der Waals surface area contributed by atoms with Gasteiger partial charge in [-0.15, -0.1) is 0 Å². The maximum absolute atomic E-state index is 10.9. The van der Waals surface area contributed by atoms with Gasteiger partial charge in [-0.3, -0.25) is 10.1 Å². The predicted molar refractivity (Wildman–Crippen MR) is 133 cm³/mol. The quantitative estimate of drug-likeness (QED) is 0.192. The van der Waals surface area contributed by atoms with Gasteiger partial charge in [-0.1, -0.05) is 12.1 Å². The molecule has 0 atom stereocenters. The largest absolute Gasteiger partial charge is 0.341 e. The minimum absolute atomic E-state index is 0.0208. The molecular formula is C21H21IN8O2. The van der Waals surface area contributed by atoms with Crippen molar-refractivity contribution in [3.8, 4) is 0 Å². The number of benzene rings is 2. The van der Waals surface area contributed by atoms with E-state index in [4.69, 9.17) is 0 Å². The second-order valence-corrected chi connectivity index (χ2v) is 8.43. The van der Waals surface area contributed by atoms with Crippen LogP contribution < -0.4 is 15.6 Å². The van der Waals surface area contributed by atoms with Gasteiger partial charge in [0.1, 0.15) is 0 Å². The van der Waals surface area contributed by atoms with E-state index in [0.717, 1.165) is 35.1 Å². The summed E-state index contributed by atoms with van der Waals surface area (Å²) in [4.78, 5) is 26.1. The molecule has 1 aliphatic rings. The lowest BCUT2D eigenvalue weighted by Gasteiger charge is -2.26. The molecule has 2 N–H and O–H groups in total. The number of hydrogen-bond acceptors (Lipinski definition) is 9. The number of nitro benzene ring substituents is 1. The van der Waals surface area contributed by atoms with Crippen LogP contribution in [0.15, 0.2) is 53.6 Å². The maximum atomic E-state index is 10.9. The Morgan fingerprint density at radius 3 is 2.34 bits per heavy atom. The molecule has 10 nitrogen and oxygen atoms in total. The average molecular weight is 544 g/mol. The molecule has 1 aromatic heterocycles. The number of nitro groups is 1. The van der Waals surface area contributed by atoms with E-state index in [1.54, 1.807) is 18.3 Å². The van der Waals surface area contributed by atoms with Gasteiger partial charge in [0.05, 0.1) is 11.1 Å². The lowest BCUT2D eigenvalue weighted by molar-refractivity contribution is -0.384. The number of nitrogens with zero attached hydrogens (tertiary/aromatic N) is 6. The lowest BCUT2D eigenvalue weighted by atomic mass is 10.1. The Hall–Kier alpha value is -3.35. The number of rotatable bonds is 7. The fourth-order valence-electron chi connectivity index (χ4n) is 3.21. The van der Waals surface area contributed by atoms with Crippen LogP contribution >= 0.6 is 22.6 Å². The second-order valence-electron chi connectivity index (χ2n) is 7.18. The van der Waals surface area contributed by atoms with Crippen molar-refractivity contribution in [1.29, 1.82) is 0 Å². The van der Waals surface area contributed by atoms with Crippen molar-refractivity contribution in [3.63, 3.8) is 0 Å². The Morgan fingerprint density at radius 1 is 0.969 bits per heavy atom. The Labute approximate surface area is 198 Å². The fourth-order valence-corrected chi connectivity index (χ4v) is 3.57. The number of halogens is 1. The molecular weight excluding hydrogens is 523 g/mol. The predicted octanol–water partition coefficient (Wildman–Crippen LogP) is 4.56. The molecule has 1 aliphatic heterocycles. The van der Waals surface area contributed by atoms with Crippen molar-refractivity contribution >= 4 is 58.0 Å². The van der Waals surface area contributed by atoms with E-state index in [0.29, 0.717) is 23.5 Å². The van der Waals surface area contributed by atoms with Gasteiger partial charge in [0.2, 0.25) is 17.8 Å². The second kappa shape index (κ2) is 10.3. The number of hydrogen-bond donors (Lipinski definition) is 2. The van der Waals surface area contributed by atoms with Gasteiger partial charge < -0.3 is 10.2 Å². The monoisotopic (exact) mass is 544 g/mol. The molecule has 0 radical (unpaired) electrons. The molecule has 164 valence electrons. The van der Waals surface area contributed by atoms with Crippen molar-refractivity contribution in [2.45, 2.75) is 19.3 Å². The average Bonchev–Trinajstić information content (AvgIpc) is 2.81. The van der Waals surface area contributed by atoms with Gasteiger partial charge in [0.15, 0.2) is 0 Å². The first-order valence-corrected chi connectivity index (χ1v) is 11.2. The highest BCUT2D eigenvalue weighted by Gasteiger charge is 2.16. The summed E-state index contributed by atoms with van der Waals surface area (Å²) in [6, 6.07) is 14.0. The molecule has 32 heavy (non-hydrogen) atoms. The van der Waals surface area contributed by atoms with Gasteiger partial charge in [-0.05, 0) is 71.7 Å². The first-order chi connectivity index (χ1) is 15.6. The van der Waals surface area contributed by atoms with Crippen LogP contribution in [-0.4, -0.2) is 39.2 Å². The van der Waals surface area contributed by atoms with Crippen molar-refractivity contribution < 1.29 is 4.92 Å². The Bertz CT molecular complexity index is 1100. The van der Waals surface area contributed by atoms with E-state index in [1.807, 2.05) is 24.3 Å². The summed E-state index contributed by atoms with van der Waals surface area (Å²) < 4.78 is 1.15. The summed E-state index contributed by atoms with van der Waals surface area (Å²) in [6.07, 6.45) is 5.07. The molecule has 0 unspecified atom stereocenters. The lowest BCUT2D eigenvalue weighted by Crippen LogP contribution is -2.31. The van der Waals surface area contributed by atoms with Crippen LogP contribution in [-0.2, 0) is 0 Å². The van der Waals surface area contributed by atoms with Gasteiger partial charge >= 0.3 is 0 Å². The number of hydrazone groups is 1. The molecule has 1 saturated heterocycles. The number of piperidine rings is 1. The number of nitrogens with one attached hydrogen (secondary N) is 2. The molecule has 11 heteroatoms. The SMILES string of the molecule is O=[N+]([O-])c1ccc(Nc2nc(N/N=C/c3ccc(I)cc3)nc(N3CCCCC3)n2)cc1. The highest BCUT2D eigenvalue weighted by atomic mass is 127. The van der Waals surface area contributed by atoms with Crippen molar-refractivity contribution in [2.24, 2.45) is 5.10 Å². The summed E-state index contributed by atoms with van der Waals surface area (Å²) >= 11 is 2.25. The van der Waals surface area contributed by atoms with Gasteiger partial charge in [0, 0.05) is 34.5 Å². The molecule has 0 bridgehead atoms. The third kappa shape index (κ3) is 5.87. The molecule has 0 aliphatic carbocycles. The van der Waals surface area contributed by atoms with Crippen LogP contribution in [0.2, 0.25) is 0 Å². The van der Waals surface area contributed by atoms with Crippen LogP contribution in [0.4, 0.5) is 29.2 Å². The third-order valence-corrected chi connectivity index (χ3v) is 5.56. The number of aromatic nitrogens is 3. The van der Waals surface area contributed by atoms with Gasteiger partial charge in [-0.2, -0.15) is 20.1 Å². The van der Waals surface area contributed by atoms with Crippen molar-refractivity contribution in [2.75, 3.05) is 28.7 Å². The zero-order chi connectivity index (χ0) is 22.3. The van der Waals surface area contributed by atoms with Gasteiger partial charge in [-0.25, -0.2) is 5.43 Å². The van der Waals surface area contributed by atoms with Crippen LogP contribution in [0, 0.1) is 13.7 Å². The van der Waals surface area contributed by atoms with E-state index in [2.05, 4.69) is 58.3 Å². The molecule has 3 aromatic rings. The minimum Gasteiger partial charge on any atom is -0.341 e. The standard InChI is InChI=1S/C21H21IN8O2/c22-16-6-4-15(5-7-16)14-23-28-20-25-19(24-17-8-10-18(11-9-17)30(31)32)26-21(27-20)29-12-2-1-3-13-29/h4-11,14H,1-3,12-13H2,(H2,24,25,26,27,28)/b23-14+. The Morgan fingerprint density at radius 2 is 1.66 bits per heavy atom. The highest BCUT2D eigenvalue weighted by Crippen LogP contribution is 2.22. The van der Waals surface area contributed by atoms with Crippen molar-refractivity contribution in [3.05, 3.63) is 67.8 Å². The molecule has 1 fully saturated rings.